The molecule has 1 aromatic heterocycles. The first-order valence-electron chi connectivity index (χ1n) is 6.78. The van der Waals surface area contributed by atoms with Gasteiger partial charge in [-0.2, -0.15) is 0 Å². The number of carbonyl (C=O) groups is 1. The number of carbonyl (C=O) groups excluding carboxylic acids is 1. The highest BCUT2D eigenvalue weighted by atomic mass is 16.5. The fourth-order valence-corrected chi connectivity index (χ4v) is 2.45. The second-order valence-corrected chi connectivity index (χ2v) is 4.67. The van der Waals surface area contributed by atoms with Gasteiger partial charge in [0.05, 0.1) is 12.3 Å². The van der Waals surface area contributed by atoms with Crippen LogP contribution in [0.4, 0.5) is 5.69 Å². The van der Waals surface area contributed by atoms with Crippen molar-refractivity contribution in [2.45, 2.75) is 32.4 Å². The average molecular weight is 263 g/mol. The van der Waals surface area contributed by atoms with E-state index in [-0.39, 0.29) is 12.0 Å². The quantitative estimate of drug-likeness (QED) is 0.819. The number of ether oxygens (including phenoxy) is 1. The number of nitrogens with one attached hydrogen (secondary N) is 1. The first-order valence-corrected chi connectivity index (χ1v) is 6.78. The van der Waals surface area contributed by atoms with Crippen LogP contribution in [0.3, 0.4) is 0 Å². The largest absolute Gasteiger partial charge is 0.465 e. The average Bonchev–Trinajstić information content (AvgIpc) is 2.87. The van der Waals surface area contributed by atoms with Crippen LogP contribution in [-0.2, 0) is 16.1 Å². The molecule has 5 nitrogen and oxygen atoms in total. The molecule has 1 fully saturated rings. The van der Waals surface area contributed by atoms with Gasteiger partial charge in [-0.25, -0.2) is 0 Å². The monoisotopic (exact) mass is 263 g/mol. The van der Waals surface area contributed by atoms with E-state index < -0.39 is 0 Å². The van der Waals surface area contributed by atoms with Gasteiger partial charge in [-0.3, -0.25) is 14.7 Å². The minimum Gasteiger partial charge on any atom is -0.465 e. The summed E-state index contributed by atoms with van der Waals surface area (Å²) in [6.07, 6.45) is 3.70. The molecular formula is C14H21N3O2. The van der Waals surface area contributed by atoms with Crippen LogP contribution in [0.15, 0.2) is 18.3 Å². The standard InChI is InChI=1S/C14H21N3O2/c1-3-19-14(18)13-5-4-8-17(13)10-12-9-11(15-2)6-7-16-12/h6-7,9,13H,3-5,8,10H2,1-2H3,(H,15,16). The van der Waals surface area contributed by atoms with Crippen LogP contribution in [0.1, 0.15) is 25.5 Å². The van der Waals surface area contributed by atoms with Crippen molar-refractivity contribution >= 4 is 11.7 Å². The van der Waals surface area contributed by atoms with Gasteiger partial charge in [-0.15, -0.1) is 0 Å². The van der Waals surface area contributed by atoms with Crippen molar-refractivity contribution in [3.8, 4) is 0 Å². The lowest BCUT2D eigenvalue weighted by Gasteiger charge is -2.22. The van der Waals surface area contributed by atoms with Crippen LogP contribution in [-0.4, -0.2) is 42.1 Å². The van der Waals surface area contributed by atoms with Gasteiger partial charge in [-0.1, -0.05) is 0 Å². The zero-order valence-corrected chi connectivity index (χ0v) is 11.6. The summed E-state index contributed by atoms with van der Waals surface area (Å²) < 4.78 is 5.13. The SMILES string of the molecule is CCOC(=O)C1CCCN1Cc1cc(NC)ccn1. The van der Waals surface area contributed by atoms with Gasteiger partial charge in [0.15, 0.2) is 0 Å². The molecule has 104 valence electrons. The summed E-state index contributed by atoms with van der Waals surface area (Å²) in [7, 11) is 1.89. The Morgan fingerprint density at radius 2 is 2.47 bits per heavy atom. The lowest BCUT2D eigenvalue weighted by molar-refractivity contribution is -0.148. The van der Waals surface area contributed by atoms with Gasteiger partial charge in [0.2, 0.25) is 0 Å². The normalized spacial score (nSPS) is 19.4. The molecule has 1 aliphatic heterocycles. The second-order valence-electron chi connectivity index (χ2n) is 4.67. The van der Waals surface area contributed by atoms with Crippen LogP contribution < -0.4 is 5.32 Å². The van der Waals surface area contributed by atoms with Crippen molar-refractivity contribution in [1.29, 1.82) is 0 Å². The first kappa shape index (κ1) is 13.8. The number of hydrogen-bond acceptors (Lipinski definition) is 5. The molecule has 2 heterocycles. The Hall–Kier alpha value is -1.62. The maximum atomic E-state index is 11.9. The van der Waals surface area contributed by atoms with E-state index in [9.17, 15) is 4.79 Å². The van der Waals surface area contributed by atoms with E-state index in [0.29, 0.717) is 13.2 Å². The number of aromatic nitrogens is 1. The fraction of sp³-hybridized carbons (Fsp3) is 0.571. The Kier molecular flexibility index (Phi) is 4.74. The van der Waals surface area contributed by atoms with E-state index in [2.05, 4.69) is 15.2 Å². The van der Waals surface area contributed by atoms with E-state index in [1.807, 2.05) is 26.1 Å². The Morgan fingerprint density at radius 1 is 1.63 bits per heavy atom. The van der Waals surface area contributed by atoms with E-state index in [1.54, 1.807) is 6.20 Å². The van der Waals surface area contributed by atoms with Crippen LogP contribution in [0, 0.1) is 0 Å². The number of rotatable bonds is 5. The van der Waals surface area contributed by atoms with Crippen molar-refractivity contribution in [3.63, 3.8) is 0 Å². The summed E-state index contributed by atoms with van der Waals surface area (Å²) in [5.41, 5.74) is 2.01. The van der Waals surface area contributed by atoms with Crippen LogP contribution >= 0.6 is 0 Å². The van der Waals surface area contributed by atoms with Crippen LogP contribution in [0.5, 0.6) is 0 Å². The molecule has 1 saturated heterocycles. The summed E-state index contributed by atoms with van der Waals surface area (Å²) in [5, 5.41) is 3.10. The summed E-state index contributed by atoms with van der Waals surface area (Å²) >= 11 is 0. The van der Waals surface area contributed by atoms with Crippen molar-refractivity contribution in [2.75, 3.05) is 25.5 Å². The van der Waals surface area contributed by atoms with Crippen molar-refractivity contribution in [1.82, 2.24) is 9.88 Å². The number of esters is 1. The highest BCUT2D eigenvalue weighted by molar-refractivity contribution is 5.76. The fourth-order valence-electron chi connectivity index (χ4n) is 2.45. The van der Waals surface area contributed by atoms with Gasteiger partial charge < -0.3 is 10.1 Å². The molecule has 0 bridgehead atoms. The highest BCUT2D eigenvalue weighted by Gasteiger charge is 2.31. The van der Waals surface area contributed by atoms with E-state index >= 15 is 0 Å². The van der Waals surface area contributed by atoms with Crippen LogP contribution in [0.25, 0.3) is 0 Å². The zero-order chi connectivity index (χ0) is 13.7. The van der Waals surface area contributed by atoms with E-state index in [0.717, 1.165) is 30.8 Å². The van der Waals surface area contributed by atoms with Gasteiger partial charge in [-0.05, 0) is 38.4 Å². The van der Waals surface area contributed by atoms with Gasteiger partial charge in [0.25, 0.3) is 0 Å². The molecule has 0 spiro atoms. The molecule has 0 saturated carbocycles. The minimum absolute atomic E-state index is 0.107. The Balaban J connectivity index is 2.02. The summed E-state index contributed by atoms with van der Waals surface area (Å²) in [6, 6.07) is 3.83. The Bertz CT molecular complexity index is 436. The predicted molar refractivity (Wildman–Crippen MR) is 73.8 cm³/mol. The van der Waals surface area contributed by atoms with Gasteiger partial charge in [0.1, 0.15) is 6.04 Å². The molecule has 1 unspecified atom stereocenters. The molecule has 0 aromatic carbocycles. The topological polar surface area (TPSA) is 54.5 Å². The number of nitrogens with zero attached hydrogens (tertiary/aromatic N) is 2. The highest BCUT2D eigenvalue weighted by Crippen LogP contribution is 2.21. The van der Waals surface area contributed by atoms with E-state index in [1.165, 1.54) is 0 Å². The first-order chi connectivity index (χ1) is 9.24. The molecule has 5 heteroatoms. The van der Waals surface area contributed by atoms with Gasteiger partial charge >= 0.3 is 5.97 Å². The number of pyridine rings is 1. The predicted octanol–water partition coefficient (Wildman–Crippen LogP) is 1.65. The summed E-state index contributed by atoms with van der Waals surface area (Å²) in [5.74, 6) is -0.107. The van der Waals surface area contributed by atoms with Crippen LogP contribution in [0.2, 0.25) is 0 Å². The molecule has 1 aliphatic rings. The summed E-state index contributed by atoms with van der Waals surface area (Å²) in [6.45, 7) is 3.90. The molecule has 2 rings (SSSR count). The van der Waals surface area contributed by atoms with E-state index in [4.69, 9.17) is 4.74 Å². The molecule has 0 amide bonds. The maximum absolute atomic E-state index is 11.9. The second kappa shape index (κ2) is 6.52. The Labute approximate surface area is 114 Å². The molecule has 1 aromatic rings. The lowest BCUT2D eigenvalue weighted by Crippen LogP contribution is -2.37. The molecule has 1 N–H and O–H groups in total. The van der Waals surface area contributed by atoms with Crippen molar-refractivity contribution in [2.24, 2.45) is 0 Å². The maximum Gasteiger partial charge on any atom is 0.323 e. The van der Waals surface area contributed by atoms with Crippen molar-refractivity contribution < 1.29 is 9.53 Å². The third-order valence-electron chi connectivity index (χ3n) is 3.39. The number of likely N-dealkylation sites (tertiary alicyclic amines) is 1. The number of hydrogen-bond donors (Lipinski definition) is 1. The third kappa shape index (κ3) is 3.44. The Morgan fingerprint density at radius 3 is 3.21 bits per heavy atom. The molecule has 19 heavy (non-hydrogen) atoms. The summed E-state index contributed by atoms with van der Waals surface area (Å²) in [4.78, 5) is 18.4. The third-order valence-corrected chi connectivity index (χ3v) is 3.39. The minimum atomic E-state index is -0.111. The number of anilines is 1. The smallest absolute Gasteiger partial charge is 0.323 e. The van der Waals surface area contributed by atoms with Gasteiger partial charge in [0, 0.05) is 25.5 Å². The molecule has 1 atom stereocenters. The van der Waals surface area contributed by atoms with Crippen molar-refractivity contribution in [3.05, 3.63) is 24.0 Å². The molecule has 0 aliphatic carbocycles. The zero-order valence-electron chi connectivity index (χ0n) is 11.6. The molecule has 0 radical (unpaired) electrons. The molecular weight excluding hydrogens is 242 g/mol. The lowest BCUT2D eigenvalue weighted by atomic mass is 10.2.